The van der Waals surface area contributed by atoms with Crippen LogP contribution in [0.1, 0.15) is 47.0 Å². The molecular weight excluding hydrogens is 224 g/mol. The van der Waals surface area contributed by atoms with Gasteiger partial charge in [-0.3, -0.25) is 0 Å². The Hall–Kier alpha value is -1.31. The van der Waals surface area contributed by atoms with Gasteiger partial charge in [0.15, 0.2) is 0 Å². The van der Waals surface area contributed by atoms with Gasteiger partial charge in [-0.05, 0) is 46.0 Å². The van der Waals surface area contributed by atoms with Crippen LogP contribution in [0.2, 0.25) is 0 Å². The highest BCUT2D eigenvalue weighted by molar-refractivity contribution is 5.82. The van der Waals surface area contributed by atoms with E-state index in [-0.39, 0.29) is 5.97 Å². The van der Waals surface area contributed by atoms with E-state index in [2.05, 4.69) is 37.7 Å². The van der Waals surface area contributed by atoms with Gasteiger partial charge < -0.3 is 4.74 Å². The Labute approximate surface area is 111 Å². The van der Waals surface area contributed by atoms with Crippen molar-refractivity contribution in [3.8, 4) is 0 Å². The van der Waals surface area contributed by atoms with Crippen molar-refractivity contribution in [2.45, 2.75) is 47.0 Å². The van der Waals surface area contributed by atoms with Crippen LogP contribution in [-0.2, 0) is 9.53 Å². The molecular formula is C16H26O2. The van der Waals surface area contributed by atoms with Gasteiger partial charge in [-0.15, -0.1) is 0 Å². The van der Waals surface area contributed by atoms with Gasteiger partial charge in [0, 0.05) is 6.08 Å². The van der Waals surface area contributed by atoms with Crippen LogP contribution < -0.4 is 0 Å². The first-order chi connectivity index (χ1) is 8.45. The van der Waals surface area contributed by atoms with Crippen LogP contribution >= 0.6 is 0 Å². The van der Waals surface area contributed by atoms with Crippen molar-refractivity contribution in [2.24, 2.45) is 5.92 Å². The zero-order valence-corrected chi connectivity index (χ0v) is 12.3. The molecule has 2 heteroatoms. The van der Waals surface area contributed by atoms with E-state index in [1.807, 2.05) is 6.92 Å². The van der Waals surface area contributed by atoms with Crippen LogP contribution in [0.4, 0.5) is 0 Å². The van der Waals surface area contributed by atoms with Crippen molar-refractivity contribution in [1.82, 2.24) is 0 Å². The number of esters is 1. The lowest BCUT2D eigenvalue weighted by Gasteiger charge is -2.07. The second-order valence-electron chi connectivity index (χ2n) is 5.00. The number of carbonyl (C=O) groups is 1. The maximum Gasteiger partial charge on any atom is 0.330 e. The van der Waals surface area contributed by atoms with Crippen molar-refractivity contribution in [1.29, 1.82) is 0 Å². The third kappa shape index (κ3) is 9.88. The van der Waals surface area contributed by atoms with Crippen LogP contribution in [-0.4, -0.2) is 13.1 Å². The number of methoxy groups -OCH3 is 1. The summed E-state index contributed by atoms with van der Waals surface area (Å²) in [6.45, 7) is 8.52. The molecule has 0 aliphatic rings. The van der Waals surface area contributed by atoms with Crippen LogP contribution in [0.5, 0.6) is 0 Å². The number of hydrogen-bond acceptors (Lipinski definition) is 2. The van der Waals surface area contributed by atoms with Gasteiger partial charge >= 0.3 is 5.97 Å². The topological polar surface area (TPSA) is 26.3 Å². The van der Waals surface area contributed by atoms with Crippen LogP contribution in [0.15, 0.2) is 35.5 Å². The van der Waals surface area contributed by atoms with E-state index in [1.54, 1.807) is 6.08 Å². The number of hydrogen-bond donors (Lipinski definition) is 0. The van der Waals surface area contributed by atoms with Gasteiger partial charge in [0.2, 0.25) is 0 Å². The summed E-state index contributed by atoms with van der Waals surface area (Å²) in [4.78, 5) is 10.9. The lowest BCUT2D eigenvalue weighted by molar-refractivity contribution is -0.134. The van der Waals surface area contributed by atoms with Crippen LogP contribution in [0.3, 0.4) is 0 Å². The Morgan fingerprint density at radius 2 is 1.83 bits per heavy atom. The normalized spacial score (nSPS) is 13.5. The summed E-state index contributed by atoms with van der Waals surface area (Å²) >= 11 is 0. The molecule has 0 bridgehead atoms. The Balaban J connectivity index is 4.01. The molecule has 2 nitrogen and oxygen atoms in total. The SMILES string of the molecule is COC(=O)/C=C/C(C)=C/C[C@H](C)CCC=C(C)C. The Kier molecular flexibility index (Phi) is 8.99. The van der Waals surface area contributed by atoms with E-state index >= 15 is 0 Å². The number of ether oxygens (including phenoxy) is 1. The predicted octanol–water partition coefficient (Wildman–Crippen LogP) is 4.43. The highest BCUT2D eigenvalue weighted by Crippen LogP contribution is 2.14. The molecule has 0 amide bonds. The molecule has 0 aromatic heterocycles. The highest BCUT2D eigenvalue weighted by Gasteiger charge is 1.99. The molecule has 0 saturated carbocycles. The third-order valence-corrected chi connectivity index (χ3v) is 2.74. The average molecular weight is 250 g/mol. The summed E-state index contributed by atoms with van der Waals surface area (Å²) in [7, 11) is 1.39. The standard InChI is InChI=1S/C16H26O2/c1-13(2)7-6-8-14(3)9-10-15(4)11-12-16(17)18-5/h7,10-12,14H,6,8-9H2,1-5H3/b12-11+,15-10+/t14-/m1/s1. The largest absolute Gasteiger partial charge is 0.466 e. The molecule has 0 radical (unpaired) electrons. The molecule has 18 heavy (non-hydrogen) atoms. The minimum atomic E-state index is -0.306. The first-order valence-electron chi connectivity index (χ1n) is 6.51. The van der Waals surface area contributed by atoms with Crippen LogP contribution in [0, 0.1) is 5.92 Å². The Bertz CT molecular complexity index is 331. The zero-order valence-electron chi connectivity index (χ0n) is 12.3. The maximum atomic E-state index is 10.9. The third-order valence-electron chi connectivity index (χ3n) is 2.74. The molecule has 0 fully saturated rings. The van der Waals surface area contributed by atoms with E-state index in [4.69, 9.17) is 0 Å². The second kappa shape index (κ2) is 9.69. The van der Waals surface area contributed by atoms with Crippen molar-refractivity contribution < 1.29 is 9.53 Å². The molecule has 0 saturated heterocycles. The van der Waals surface area contributed by atoms with Gasteiger partial charge in [0.05, 0.1) is 7.11 Å². The second-order valence-corrected chi connectivity index (χ2v) is 5.00. The molecule has 0 aromatic carbocycles. The average Bonchev–Trinajstić information content (AvgIpc) is 2.32. The van der Waals surface area contributed by atoms with Gasteiger partial charge in [-0.25, -0.2) is 4.79 Å². The number of carbonyl (C=O) groups excluding carboxylic acids is 1. The predicted molar refractivity (Wildman–Crippen MR) is 77.4 cm³/mol. The summed E-state index contributed by atoms with van der Waals surface area (Å²) in [6.07, 6.45) is 11.1. The molecule has 0 heterocycles. The molecule has 102 valence electrons. The first kappa shape index (κ1) is 16.7. The van der Waals surface area contributed by atoms with E-state index in [1.165, 1.54) is 25.2 Å². The Morgan fingerprint density at radius 1 is 1.17 bits per heavy atom. The fraction of sp³-hybridized carbons (Fsp3) is 0.562. The first-order valence-corrected chi connectivity index (χ1v) is 6.51. The van der Waals surface area contributed by atoms with Crippen molar-refractivity contribution >= 4 is 5.97 Å². The van der Waals surface area contributed by atoms with E-state index in [0.29, 0.717) is 5.92 Å². The fourth-order valence-electron chi connectivity index (χ4n) is 1.50. The molecule has 0 N–H and O–H groups in total. The summed E-state index contributed by atoms with van der Waals surface area (Å²) in [5, 5.41) is 0. The van der Waals surface area contributed by atoms with E-state index < -0.39 is 0 Å². The van der Waals surface area contributed by atoms with Crippen molar-refractivity contribution in [3.63, 3.8) is 0 Å². The zero-order chi connectivity index (χ0) is 14.0. The van der Waals surface area contributed by atoms with Crippen molar-refractivity contribution in [2.75, 3.05) is 7.11 Å². The highest BCUT2D eigenvalue weighted by atomic mass is 16.5. The molecule has 0 spiro atoms. The van der Waals surface area contributed by atoms with Crippen molar-refractivity contribution in [3.05, 3.63) is 35.5 Å². The van der Waals surface area contributed by atoms with Crippen LogP contribution in [0.25, 0.3) is 0 Å². The van der Waals surface area contributed by atoms with Gasteiger partial charge in [0.25, 0.3) is 0 Å². The fourth-order valence-corrected chi connectivity index (χ4v) is 1.50. The lowest BCUT2D eigenvalue weighted by Crippen LogP contribution is -1.94. The summed E-state index contributed by atoms with van der Waals surface area (Å²) in [6, 6.07) is 0. The molecule has 0 aliphatic heterocycles. The quantitative estimate of drug-likeness (QED) is 0.289. The van der Waals surface area contributed by atoms with Gasteiger partial charge in [-0.1, -0.05) is 36.3 Å². The molecule has 1 atom stereocenters. The van der Waals surface area contributed by atoms with E-state index in [9.17, 15) is 4.79 Å². The van der Waals surface area contributed by atoms with E-state index in [0.717, 1.165) is 18.4 Å². The monoisotopic (exact) mass is 250 g/mol. The Morgan fingerprint density at radius 3 is 2.39 bits per heavy atom. The lowest BCUT2D eigenvalue weighted by atomic mass is 9.99. The van der Waals surface area contributed by atoms with Gasteiger partial charge in [-0.2, -0.15) is 0 Å². The number of rotatable bonds is 7. The summed E-state index contributed by atoms with van der Waals surface area (Å²) in [5.74, 6) is 0.362. The van der Waals surface area contributed by atoms with Gasteiger partial charge in [0.1, 0.15) is 0 Å². The number of allylic oxidation sites excluding steroid dienone is 5. The molecule has 0 aromatic rings. The summed E-state index contributed by atoms with van der Waals surface area (Å²) in [5.41, 5.74) is 2.49. The maximum absolute atomic E-state index is 10.9. The molecule has 0 unspecified atom stereocenters. The minimum absolute atomic E-state index is 0.306. The minimum Gasteiger partial charge on any atom is -0.466 e. The molecule has 0 rings (SSSR count). The molecule has 0 aliphatic carbocycles. The summed E-state index contributed by atoms with van der Waals surface area (Å²) < 4.78 is 4.54. The smallest absolute Gasteiger partial charge is 0.330 e.